The van der Waals surface area contributed by atoms with Crippen LogP contribution < -0.4 is 5.32 Å². The van der Waals surface area contributed by atoms with Gasteiger partial charge in [-0.05, 0) is 24.5 Å². The van der Waals surface area contributed by atoms with Gasteiger partial charge in [0.1, 0.15) is 5.78 Å². The number of nitrogens with zero attached hydrogens (tertiary/aromatic N) is 1. The highest BCUT2D eigenvalue weighted by Crippen LogP contribution is 2.47. The molecule has 0 aromatic heterocycles. The lowest BCUT2D eigenvalue weighted by Gasteiger charge is -2.52. The summed E-state index contributed by atoms with van der Waals surface area (Å²) in [6.45, 7) is 5.93. The minimum absolute atomic E-state index is 0.0136. The maximum atomic E-state index is 13.1. The van der Waals surface area contributed by atoms with Gasteiger partial charge in [-0.25, -0.2) is 8.42 Å². The predicted octanol–water partition coefficient (Wildman–Crippen LogP) is 1.74. The van der Waals surface area contributed by atoms with Crippen LogP contribution in [0, 0.1) is 11.3 Å². The van der Waals surface area contributed by atoms with Gasteiger partial charge in [0.05, 0.1) is 4.90 Å². The normalized spacial score (nSPS) is 29.7. The summed E-state index contributed by atoms with van der Waals surface area (Å²) < 4.78 is 27.6. The number of sulfonamides is 1. The third-order valence-electron chi connectivity index (χ3n) is 5.63. The Morgan fingerprint density at radius 1 is 1.31 bits per heavy atom. The monoisotopic (exact) mass is 376 g/mol. The zero-order chi connectivity index (χ0) is 18.9. The van der Waals surface area contributed by atoms with E-state index in [2.05, 4.69) is 11.9 Å². The van der Waals surface area contributed by atoms with Crippen LogP contribution in [0.5, 0.6) is 0 Å². The van der Waals surface area contributed by atoms with Crippen LogP contribution in [0.25, 0.3) is 0 Å². The minimum Gasteiger partial charge on any atom is -0.352 e. The van der Waals surface area contributed by atoms with Gasteiger partial charge in [0.2, 0.25) is 15.9 Å². The van der Waals surface area contributed by atoms with E-state index in [9.17, 15) is 18.0 Å². The van der Waals surface area contributed by atoms with Crippen molar-refractivity contribution in [3.05, 3.63) is 43.0 Å². The number of amides is 1. The van der Waals surface area contributed by atoms with Crippen molar-refractivity contribution in [1.29, 1.82) is 0 Å². The molecule has 1 N–H and O–H groups in total. The number of benzene rings is 1. The van der Waals surface area contributed by atoms with Crippen LogP contribution in [-0.4, -0.2) is 43.5 Å². The Morgan fingerprint density at radius 2 is 2.00 bits per heavy atom. The highest BCUT2D eigenvalue weighted by Gasteiger charge is 2.53. The lowest BCUT2D eigenvalue weighted by Crippen LogP contribution is -2.62. The van der Waals surface area contributed by atoms with Crippen molar-refractivity contribution in [2.45, 2.75) is 37.1 Å². The van der Waals surface area contributed by atoms with E-state index >= 15 is 0 Å². The molecule has 1 aliphatic heterocycles. The van der Waals surface area contributed by atoms with Crippen molar-refractivity contribution >= 4 is 21.7 Å². The number of rotatable bonds is 4. The average Bonchev–Trinajstić information content (AvgIpc) is 2.61. The second-order valence-electron chi connectivity index (χ2n) is 7.15. The van der Waals surface area contributed by atoms with Crippen LogP contribution in [0.2, 0.25) is 0 Å². The lowest BCUT2D eigenvalue weighted by molar-refractivity contribution is -0.129. The minimum atomic E-state index is -3.64. The number of hydrogen-bond acceptors (Lipinski definition) is 4. The molecule has 0 spiro atoms. The molecular formula is C19H24N2O4S. The summed E-state index contributed by atoms with van der Waals surface area (Å²) in [6, 6.07) is 7.90. The topological polar surface area (TPSA) is 83.6 Å². The van der Waals surface area contributed by atoms with Crippen molar-refractivity contribution in [3.8, 4) is 0 Å². The Hall–Kier alpha value is -1.99. The molecule has 6 nitrogen and oxygen atoms in total. The maximum Gasteiger partial charge on any atom is 0.243 e. The Kier molecular flexibility index (Phi) is 5.03. The Balaban J connectivity index is 1.96. The molecular weight excluding hydrogens is 352 g/mol. The fourth-order valence-corrected chi connectivity index (χ4v) is 5.83. The number of carbonyl (C=O) groups is 2. The molecule has 0 unspecified atom stereocenters. The molecule has 0 radical (unpaired) electrons. The van der Waals surface area contributed by atoms with Crippen LogP contribution in [0.4, 0.5) is 0 Å². The van der Waals surface area contributed by atoms with E-state index in [-0.39, 0.29) is 35.5 Å². The largest absolute Gasteiger partial charge is 0.352 e. The van der Waals surface area contributed by atoms with Gasteiger partial charge in [-0.2, -0.15) is 4.31 Å². The first-order valence-electron chi connectivity index (χ1n) is 8.77. The zero-order valence-electron chi connectivity index (χ0n) is 14.8. The lowest BCUT2D eigenvalue weighted by atomic mass is 9.60. The summed E-state index contributed by atoms with van der Waals surface area (Å²) >= 11 is 0. The first-order valence-corrected chi connectivity index (χ1v) is 10.2. The smallest absolute Gasteiger partial charge is 0.243 e. The van der Waals surface area contributed by atoms with Gasteiger partial charge in [-0.15, -0.1) is 6.58 Å². The molecule has 1 saturated heterocycles. The predicted molar refractivity (Wildman–Crippen MR) is 97.8 cm³/mol. The molecule has 1 amide bonds. The zero-order valence-corrected chi connectivity index (χ0v) is 15.7. The molecule has 26 heavy (non-hydrogen) atoms. The molecule has 3 atom stereocenters. The van der Waals surface area contributed by atoms with Crippen molar-refractivity contribution in [1.82, 2.24) is 9.62 Å². The number of piperidine rings is 1. The van der Waals surface area contributed by atoms with Gasteiger partial charge in [-0.3, -0.25) is 9.59 Å². The number of Topliss-reactive ketones (excluding diaryl/α,β-unsaturated/α-hetero) is 1. The fourth-order valence-electron chi connectivity index (χ4n) is 4.30. The van der Waals surface area contributed by atoms with E-state index < -0.39 is 21.5 Å². The Labute approximate surface area is 154 Å². The number of fused-ring (bicyclic) bond motifs is 1. The van der Waals surface area contributed by atoms with Crippen LogP contribution in [0.3, 0.4) is 0 Å². The third-order valence-corrected chi connectivity index (χ3v) is 7.49. The van der Waals surface area contributed by atoms with Gasteiger partial charge in [-0.1, -0.05) is 24.3 Å². The number of hydrogen-bond donors (Lipinski definition) is 1. The van der Waals surface area contributed by atoms with Crippen LogP contribution in [-0.2, 0) is 19.6 Å². The van der Waals surface area contributed by atoms with Gasteiger partial charge < -0.3 is 5.32 Å². The SMILES string of the molecule is C=C[C@]12CN(S(=O)(=O)c3ccccc3)CC[C@H]1CC(=O)C[C@@H]2NC(C)=O. The van der Waals surface area contributed by atoms with E-state index in [4.69, 9.17) is 0 Å². The Morgan fingerprint density at radius 3 is 2.62 bits per heavy atom. The van der Waals surface area contributed by atoms with Gasteiger partial charge in [0, 0.05) is 44.3 Å². The van der Waals surface area contributed by atoms with E-state index in [1.807, 2.05) is 0 Å². The van der Waals surface area contributed by atoms with E-state index in [1.165, 1.54) is 11.2 Å². The molecule has 1 saturated carbocycles. The van der Waals surface area contributed by atoms with Gasteiger partial charge in [0.15, 0.2) is 0 Å². The van der Waals surface area contributed by atoms with E-state index in [1.54, 1.807) is 36.4 Å². The molecule has 3 rings (SSSR count). The second-order valence-corrected chi connectivity index (χ2v) is 9.09. The highest BCUT2D eigenvalue weighted by atomic mass is 32.2. The first kappa shape index (κ1) is 18.8. The van der Waals surface area contributed by atoms with Crippen LogP contribution in [0.1, 0.15) is 26.2 Å². The molecule has 2 aliphatic rings. The van der Waals surface area contributed by atoms with Crippen molar-refractivity contribution in [2.75, 3.05) is 13.1 Å². The van der Waals surface area contributed by atoms with Crippen molar-refractivity contribution in [2.24, 2.45) is 11.3 Å². The molecule has 140 valence electrons. The number of carbonyl (C=O) groups excluding carboxylic acids is 2. The molecule has 0 bridgehead atoms. The van der Waals surface area contributed by atoms with Crippen LogP contribution in [0.15, 0.2) is 47.9 Å². The summed E-state index contributed by atoms with van der Waals surface area (Å²) in [4.78, 5) is 24.1. The summed E-state index contributed by atoms with van der Waals surface area (Å²) in [5.74, 6) is -0.140. The van der Waals surface area contributed by atoms with Crippen molar-refractivity contribution < 1.29 is 18.0 Å². The molecule has 2 fully saturated rings. The second kappa shape index (κ2) is 6.96. The quantitative estimate of drug-likeness (QED) is 0.812. The highest BCUT2D eigenvalue weighted by molar-refractivity contribution is 7.89. The first-order chi connectivity index (χ1) is 12.3. The van der Waals surface area contributed by atoms with Gasteiger partial charge >= 0.3 is 0 Å². The van der Waals surface area contributed by atoms with E-state index in [0.717, 1.165) is 0 Å². The molecule has 1 aromatic rings. The fraction of sp³-hybridized carbons (Fsp3) is 0.474. The maximum absolute atomic E-state index is 13.1. The summed E-state index contributed by atoms with van der Waals surface area (Å²) in [5, 5.41) is 2.86. The Bertz CT molecular complexity index is 819. The summed E-state index contributed by atoms with van der Waals surface area (Å²) in [6.07, 6.45) is 2.93. The number of ketones is 1. The van der Waals surface area contributed by atoms with E-state index in [0.29, 0.717) is 19.4 Å². The average molecular weight is 376 g/mol. The molecule has 1 aromatic carbocycles. The summed E-state index contributed by atoms with van der Waals surface area (Å²) in [5.41, 5.74) is -0.639. The molecule has 1 aliphatic carbocycles. The number of nitrogens with one attached hydrogen (secondary N) is 1. The van der Waals surface area contributed by atoms with Crippen LogP contribution >= 0.6 is 0 Å². The summed E-state index contributed by atoms with van der Waals surface area (Å²) in [7, 11) is -3.64. The molecule has 1 heterocycles. The van der Waals surface area contributed by atoms with Crippen molar-refractivity contribution in [3.63, 3.8) is 0 Å². The van der Waals surface area contributed by atoms with Gasteiger partial charge in [0.25, 0.3) is 0 Å². The standard InChI is InChI=1S/C19H24N2O4S/c1-3-19-13-21(26(24,25)17-7-5-4-6-8-17)10-9-15(19)11-16(23)12-18(19)20-14(2)22/h3-8,15,18H,1,9-13H2,2H3,(H,20,22)/t15-,18-,19-/m0/s1. The molecule has 7 heteroatoms. The third kappa shape index (κ3) is 3.21.